The van der Waals surface area contributed by atoms with Gasteiger partial charge >= 0.3 is 6.09 Å². The Hall–Kier alpha value is -0.810. The Morgan fingerprint density at radius 3 is 2.62 bits per heavy atom. The molecule has 1 amide bonds. The summed E-state index contributed by atoms with van der Waals surface area (Å²) in [6, 6.07) is -0.00741. The number of hydrogen-bond donors (Lipinski definition) is 1. The number of carbonyl (C=O) groups is 1. The summed E-state index contributed by atoms with van der Waals surface area (Å²) < 4.78 is 10.6. The molecule has 1 N–H and O–H groups in total. The van der Waals surface area contributed by atoms with E-state index in [1.54, 1.807) is 0 Å². The van der Waals surface area contributed by atoms with Gasteiger partial charge in [0.15, 0.2) is 6.23 Å². The highest BCUT2D eigenvalue weighted by atomic mass is 16.6. The Morgan fingerprint density at radius 1 is 1.56 bits per heavy atom. The quantitative estimate of drug-likeness (QED) is 0.779. The highest BCUT2D eigenvalue weighted by Gasteiger charge is 2.38. The average molecular weight is 231 g/mol. The fourth-order valence-electron chi connectivity index (χ4n) is 1.65. The summed E-state index contributed by atoms with van der Waals surface area (Å²) in [5, 5.41) is 9.12. The summed E-state index contributed by atoms with van der Waals surface area (Å²) in [5.74, 6) is 0. The first kappa shape index (κ1) is 13.3. The van der Waals surface area contributed by atoms with Crippen LogP contribution in [0.15, 0.2) is 0 Å². The topological polar surface area (TPSA) is 59.0 Å². The summed E-state index contributed by atoms with van der Waals surface area (Å²) in [6.45, 7) is 7.69. The SMILES string of the molecule is CC[C@H]1COC(CO)N1C(=O)OC(C)(C)C. The van der Waals surface area contributed by atoms with E-state index in [9.17, 15) is 4.79 Å². The van der Waals surface area contributed by atoms with Crippen molar-refractivity contribution >= 4 is 6.09 Å². The lowest BCUT2D eigenvalue weighted by atomic mass is 10.2. The molecule has 0 spiro atoms. The van der Waals surface area contributed by atoms with E-state index in [1.165, 1.54) is 4.90 Å². The van der Waals surface area contributed by atoms with Crippen molar-refractivity contribution < 1.29 is 19.4 Å². The predicted octanol–water partition coefficient (Wildman–Crippen LogP) is 1.35. The third-order valence-electron chi connectivity index (χ3n) is 2.42. The molecule has 1 unspecified atom stereocenters. The van der Waals surface area contributed by atoms with Gasteiger partial charge in [-0.1, -0.05) is 6.92 Å². The molecule has 1 saturated heterocycles. The molecule has 1 aliphatic heterocycles. The van der Waals surface area contributed by atoms with E-state index in [0.29, 0.717) is 6.61 Å². The summed E-state index contributed by atoms with van der Waals surface area (Å²) in [4.78, 5) is 13.4. The number of ether oxygens (including phenoxy) is 2. The van der Waals surface area contributed by atoms with Crippen molar-refractivity contribution in [2.45, 2.75) is 52.0 Å². The normalized spacial score (nSPS) is 25.9. The molecule has 1 aliphatic rings. The Bertz CT molecular complexity index is 237. The van der Waals surface area contributed by atoms with Crippen molar-refractivity contribution in [2.75, 3.05) is 13.2 Å². The summed E-state index contributed by atoms with van der Waals surface area (Å²) >= 11 is 0. The zero-order chi connectivity index (χ0) is 12.3. The molecular formula is C11H21NO4. The van der Waals surface area contributed by atoms with Gasteiger partial charge in [-0.25, -0.2) is 4.79 Å². The molecule has 0 saturated carbocycles. The molecule has 1 heterocycles. The molecule has 0 aromatic rings. The lowest BCUT2D eigenvalue weighted by molar-refractivity contribution is -0.0334. The van der Waals surface area contributed by atoms with Crippen molar-refractivity contribution in [3.05, 3.63) is 0 Å². The van der Waals surface area contributed by atoms with E-state index in [1.807, 2.05) is 27.7 Å². The predicted molar refractivity (Wildman–Crippen MR) is 59.0 cm³/mol. The summed E-state index contributed by atoms with van der Waals surface area (Å²) in [7, 11) is 0. The third kappa shape index (κ3) is 3.09. The fraction of sp³-hybridized carbons (Fsp3) is 0.909. The lowest BCUT2D eigenvalue weighted by Crippen LogP contribution is -2.45. The monoisotopic (exact) mass is 231 g/mol. The molecular weight excluding hydrogens is 210 g/mol. The minimum Gasteiger partial charge on any atom is -0.444 e. The largest absolute Gasteiger partial charge is 0.444 e. The van der Waals surface area contributed by atoms with Crippen LogP contribution in [-0.2, 0) is 9.47 Å². The van der Waals surface area contributed by atoms with Gasteiger partial charge in [-0.05, 0) is 27.2 Å². The fourth-order valence-corrected chi connectivity index (χ4v) is 1.65. The van der Waals surface area contributed by atoms with Gasteiger partial charge in [-0.3, -0.25) is 4.90 Å². The summed E-state index contributed by atoms with van der Waals surface area (Å²) in [5.41, 5.74) is -0.530. The molecule has 1 rings (SSSR count). The smallest absolute Gasteiger partial charge is 0.412 e. The summed E-state index contributed by atoms with van der Waals surface area (Å²) in [6.07, 6.45) is -0.203. The Kier molecular flexibility index (Phi) is 4.15. The minimum absolute atomic E-state index is 0.00741. The second-order valence-corrected chi connectivity index (χ2v) is 4.92. The highest BCUT2D eigenvalue weighted by molar-refractivity contribution is 5.69. The second-order valence-electron chi connectivity index (χ2n) is 4.92. The maximum absolute atomic E-state index is 11.9. The first-order chi connectivity index (χ1) is 7.39. The molecule has 2 atom stereocenters. The number of hydrogen-bond acceptors (Lipinski definition) is 4. The van der Waals surface area contributed by atoms with Crippen LogP contribution < -0.4 is 0 Å². The molecule has 0 radical (unpaired) electrons. The average Bonchev–Trinajstić information content (AvgIpc) is 2.57. The van der Waals surface area contributed by atoms with E-state index in [-0.39, 0.29) is 12.6 Å². The van der Waals surface area contributed by atoms with Crippen LogP contribution in [0.2, 0.25) is 0 Å². The zero-order valence-corrected chi connectivity index (χ0v) is 10.4. The molecule has 0 aromatic carbocycles. The van der Waals surface area contributed by atoms with E-state index >= 15 is 0 Å². The van der Waals surface area contributed by atoms with Crippen LogP contribution in [0, 0.1) is 0 Å². The van der Waals surface area contributed by atoms with Crippen LogP contribution in [0.4, 0.5) is 4.79 Å². The number of nitrogens with zero attached hydrogens (tertiary/aromatic N) is 1. The maximum atomic E-state index is 11.9. The van der Waals surface area contributed by atoms with Crippen LogP contribution in [0.1, 0.15) is 34.1 Å². The Labute approximate surface area is 96.3 Å². The maximum Gasteiger partial charge on any atom is 0.412 e. The molecule has 0 aromatic heterocycles. The number of rotatable bonds is 2. The van der Waals surface area contributed by atoms with Crippen LogP contribution in [-0.4, -0.2) is 47.2 Å². The van der Waals surface area contributed by atoms with E-state index < -0.39 is 17.9 Å². The van der Waals surface area contributed by atoms with Crippen molar-refractivity contribution in [3.63, 3.8) is 0 Å². The molecule has 5 heteroatoms. The zero-order valence-electron chi connectivity index (χ0n) is 10.4. The molecule has 94 valence electrons. The third-order valence-corrected chi connectivity index (χ3v) is 2.42. The second kappa shape index (κ2) is 5.01. The molecule has 16 heavy (non-hydrogen) atoms. The Morgan fingerprint density at radius 2 is 2.19 bits per heavy atom. The van der Waals surface area contributed by atoms with Crippen LogP contribution in [0.5, 0.6) is 0 Å². The number of aliphatic hydroxyl groups is 1. The van der Waals surface area contributed by atoms with Crippen molar-refractivity contribution in [2.24, 2.45) is 0 Å². The van der Waals surface area contributed by atoms with Crippen molar-refractivity contribution in [1.82, 2.24) is 4.90 Å². The van der Waals surface area contributed by atoms with Gasteiger partial charge in [0, 0.05) is 0 Å². The van der Waals surface area contributed by atoms with E-state index in [4.69, 9.17) is 14.6 Å². The van der Waals surface area contributed by atoms with Gasteiger partial charge in [0.1, 0.15) is 5.60 Å². The first-order valence-corrected chi connectivity index (χ1v) is 5.62. The minimum atomic E-state index is -0.570. The van der Waals surface area contributed by atoms with Crippen molar-refractivity contribution in [3.8, 4) is 0 Å². The van der Waals surface area contributed by atoms with E-state index in [0.717, 1.165) is 6.42 Å². The first-order valence-electron chi connectivity index (χ1n) is 5.62. The number of amides is 1. The van der Waals surface area contributed by atoms with E-state index in [2.05, 4.69) is 0 Å². The Balaban J connectivity index is 2.70. The van der Waals surface area contributed by atoms with Gasteiger partial charge in [0.25, 0.3) is 0 Å². The standard InChI is InChI=1S/C11H21NO4/c1-5-8-7-15-9(6-13)12(8)10(14)16-11(2,3)4/h8-9,13H,5-7H2,1-4H3/t8-,9?/m0/s1. The molecule has 0 aliphatic carbocycles. The van der Waals surface area contributed by atoms with Crippen LogP contribution in [0.25, 0.3) is 0 Å². The lowest BCUT2D eigenvalue weighted by Gasteiger charge is -2.29. The van der Waals surface area contributed by atoms with Gasteiger partial charge in [-0.15, -0.1) is 0 Å². The van der Waals surface area contributed by atoms with Gasteiger partial charge in [-0.2, -0.15) is 0 Å². The van der Waals surface area contributed by atoms with Gasteiger partial charge < -0.3 is 14.6 Å². The molecule has 5 nitrogen and oxygen atoms in total. The molecule has 0 bridgehead atoms. The highest BCUT2D eigenvalue weighted by Crippen LogP contribution is 2.22. The van der Waals surface area contributed by atoms with Crippen molar-refractivity contribution in [1.29, 1.82) is 0 Å². The van der Waals surface area contributed by atoms with Gasteiger partial charge in [0.05, 0.1) is 19.3 Å². The number of aliphatic hydroxyl groups excluding tert-OH is 1. The van der Waals surface area contributed by atoms with Crippen LogP contribution in [0.3, 0.4) is 0 Å². The molecule has 1 fully saturated rings. The number of carbonyl (C=O) groups excluding carboxylic acids is 1. The van der Waals surface area contributed by atoms with Crippen LogP contribution >= 0.6 is 0 Å². The van der Waals surface area contributed by atoms with Gasteiger partial charge in [0.2, 0.25) is 0 Å².